The van der Waals surface area contributed by atoms with E-state index in [1.54, 1.807) is 0 Å². The van der Waals surface area contributed by atoms with E-state index in [2.05, 4.69) is 0 Å². The van der Waals surface area contributed by atoms with Crippen molar-refractivity contribution in [1.29, 1.82) is 0 Å². The first-order chi connectivity index (χ1) is 9.14. The zero-order chi connectivity index (χ0) is 15.5. The van der Waals surface area contributed by atoms with Crippen molar-refractivity contribution in [2.45, 2.75) is 32.6 Å². The molecule has 0 spiro atoms. The Kier molecular flexibility index (Phi) is 5.86. The summed E-state index contributed by atoms with van der Waals surface area (Å²) in [5.74, 6) is 0.515. The van der Waals surface area contributed by atoms with Crippen LogP contribution in [-0.2, 0) is 10.0 Å². The van der Waals surface area contributed by atoms with Gasteiger partial charge in [-0.2, -0.15) is 4.31 Å². The van der Waals surface area contributed by atoms with Crippen molar-refractivity contribution in [2.75, 3.05) is 18.8 Å². The van der Waals surface area contributed by atoms with E-state index >= 15 is 0 Å². The van der Waals surface area contributed by atoms with Gasteiger partial charge in [0.2, 0.25) is 10.0 Å². The molecule has 0 saturated carbocycles. The molecule has 0 saturated heterocycles. The van der Waals surface area contributed by atoms with Crippen LogP contribution in [0.2, 0.25) is 5.02 Å². The highest BCUT2D eigenvalue weighted by Crippen LogP contribution is 2.25. The first-order valence-corrected chi connectivity index (χ1v) is 8.51. The predicted octanol–water partition coefficient (Wildman–Crippen LogP) is 3.22. The molecule has 20 heavy (non-hydrogen) atoms. The largest absolute Gasteiger partial charge is 0.397 e. The van der Waals surface area contributed by atoms with Crippen LogP contribution in [0.3, 0.4) is 0 Å². The second kappa shape index (κ2) is 6.78. The van der Waals surface area contributed by atoms with Crippen LogP contribution in [0.5, 0.6) is 0 Å². The molecule has 4 nitrogen and oxygen atoms in total. The lowest BCUT2D eigenvalue weighted by Crippen LogP contribution is -2.37. The zero-order valence-electron chi connectivity index (χ0n) is 12.4. The third-order valence-corrected chi connectivity index (χ3v) is 4.91. The molecule has 1 aromatic carbocycles. The number of sulfonamides is 1. The van der Waals surface area contributed by atoms with Gasteiger partial charge >= 0.3 is 0 Å². The van der Waals surface area contributed by atoms with Crippen molar-refractivity contribution in [2.24, 2.45) is 11.8 Å². The number of nitrogens with zero attached hydrogens (tertiary/aromatic N) is 1. The lowest BCUT2D eigenvalue weighted by Gasteiger charge is -2.25. The highest BCUT2D eigenvalue weighted by atomic mass is 35.5. The Bertz CT molecular complexity index is 546. The van der Waals surface area contributed by atoms with Gasteiger partial charge in [0.05, 0.1) is 15.6 Å². The Hall–Kier alpha value is -0.780. The van der Waals surface area contributed by atoms with Gasteiger partial charge in [-0.05, 0) is 30.0 Å². The minimum absolute atomic E-state index is 0.195. The Morgan fingerprint density at radius 3 is 2.05 bits per heavy atom. The molecule has 2 N–H and O–H groups in total. The van der Waals surface area contributed by atoms with Crippen LogP contribution >= 0.6 is 11.6 Å². The van der Waals surface area contributed by atoms with Crippen LogP contribution < -0.4 is 5.73 Å². The number of halogens is 1. The summed E-state index contributed by atoms with van der Waals surface area (Å²) < 4.78 is 26.9. The van der Waals surface area contributed by atoms with Gasteiger partial charge in [0, 0.05) is 13.1 Å². The highest BCUT2D eigenvalue weighted by molar-refractivity contribution is 7.89. The van der Waals surface area contributed by atoms with Crippen LogP contribution in [0.15, 0.2) is 23.1 Å². The average molecular weight is 319 g/mol. The van der Waals surface area contributed by atoms with E-state index in [9.17, 15) is 8.42 Å². The summed E-state index contributed by atoms with van der Waals surface area (Å²) in [5, 5.41) is 0.364. The molecular weight excluding hydrogens is 296 g/mol. The van der Waals surface area contributed by atoms with E-state index in [1.165, 1.54) is 22.5 Å². The quantitative estimate of drug-likeness (QED) is 0.819. The number of nitrogens with two attached hydrogens (primary N) is 1. The van der Waals surface area contributed by atoms with E-state index in [0.717, 1.165) is 0 Å². The van der Waals surface area contributed by atoms with Crippen LogP contribution in [0.1, 0.15) is 27.7 Å². The maximum absolute atomic E-state index is 12.7. The van der Waals surface area contributed by atoms with E-state index < -0.39 is 10.0 Å². The minimum atomic E-state index is -3.54. The number of benzene rings is 1. The topological polar surface area (TPSA) is 63.4 Å². The van der Waals surface area contributed by atoms with Crippen LogP contribution in [0.4, 0.5) is 5.69 Å². The van der Waals surface area contributed by atoms with Gasteiger partial charge in [0.1, 0.15) is 0 Å². The van der Waals surface area contributed by atoms with Gasteiger partial charge in [0.25, 0.3) is 0 Å². The summed E-state index contributed by atoms with van der Waals surface area (Å²) in [7, 11) is -3.54. The number of nitrogen functional groups attached to an aromatic ring is 1. The maximum Gasteiger partial charge on any atom is 0.243 e. The normalized spacial score (nSPS) is 12.6. The molecule has 0 aliphatic rings. The molecule has 6 heteroatoms. The Balaban J connectivity index is 3.17. The summed E-state index contributed by atoms with van der Waals surface area (Å²) in [4.78, 5) is 0.195. The van der Waals surface area contributed by atoms with Gasteiger partial charge in [0.15, 0.2) is 0 Å². The van der Waals surface area contributed by atoms with E-state index in [0.29, 0.717) is 18.1 Å². The maximum atomic E-state index is 12.7. The fourth-order valence-electron chi connectivity index (χ4n) is 1.92. The number of rotatable bonds is 6. The molecular formula is C14H23ClN2O2S. The number of hydrogen-bond acceptors (Lipinski definition) is 3. The van der Waals surface area contributed by atoms with Crippen molar-refractivity contribution >= 4 is 27.3 Å². The van der Waals surface area contributed by atoms with Crippen molar-refractivity contribution in [1.82, 2.24) is 4.31 Å². The Morgan fingerprint density at radius 2 is 1.65 bits per heavy atom. The van der Waals surface area contributed by atoms with Crippen LogP contribution in [0, 0.1) is 11.8 Å². The first kappa shape index (κ1) is 17.3. The van der Waals surface area contributed by atoms with E-state index in [-0.39, 0.29) is 22.4 Å². The molecule has 0 amide bonds. The van der Waals surface area contributed by atoms with Crippen molar-refractivity contribution in [3.63, 3.8) is 0 Å². The van der Waals surface area contributed by atoms with Gasteiger partial charge in [-0.25, -0.2) is 8.42 Å². The fourth-order valence-corrected chi connectivity index (χ4v) is 3.84. The van der Waals surface area contributed by atoms with E-state index in [4.69, 9.17) is 17.3 Å². The second-order valence-electron chi connectivity index (χ2n) is 5.79. The molecule has 0 heterocycles. The minimum Gasteiger partial charge on any atom is -0.397 e. The lowest BCUT2D eigenvalue weighted by molar-refractivity contribution is 0.333. The second-order valence-corrected chi connectivity index (χ2v) is 8.14. The molecule has 114 valence electrons. The number of anilines is 1. The summed E-state index contributed by atoms with van der Waals surface area (Å²) >= 11 is 5.85. The molecule has 1 aromatic rings. The standard InChI is InChI=1S/C14H23ClN2O2S/c1-10(2)8-17(9-11(3)4)20(18,19)12-5-6-13(15)14(16)7-12/h5-7,10-11H,8-9,16H2,1-4H3. The summed E-state index contributed by atoms with van der Waals surface area (Å²) in [5.41, 5.74) is 5.98. The molecule has 0 aliphatic carbocycles. The molecule has 0 radical (unpaired) electrons. The average Bonchev–Trinajstić information content (AvgIpc) is 2.30. The van der Waals surface area contributed by atoms with Gasteiger partial charge in [-0.15, -0.1) is 0 Å². The summed E-state index contributed by atoms with van der Waals surface area (Å²) in [6, 6.07) is 4.44. The smallest absolute Gasteiger partial charge is 0.243 e. The predicted molar refractivity (Wildman–Crippen MR) is 84.3 cm³/mol. The highest BCUT2D eigenvalue weighted by Gasteiger charge is 2.26. The van der Waals surface area contributed by atoms with Crippen LogP contribution in [0.25, 0.3) is 0 Å². The van der Waals surface area contributed by atoms with Gasteiger partial charge in [-0.1, -0.05) is 39.3 Å². The molecule has 0 atom stereocenters. The van der Waals surface area contributed by atoms with Crippen molar-refractivity contribution < 1.29 is 8.42 Å². The third-order valence-electron chi connectivity index (χ3n) is 2.74. The van der Waals surface area contributed by atoms with Gasteiger partial charge in [-0.3, -0.25) is 0 Å². The number of hydrogen-bond donors (Lipinski definition) is 1. The molecule has 0 fully saturated rings. The SMILES string of the molecule is CC(C)CN(CC(C)C)S(=O)(=O)c1ccc(Cl)c(N)c1. The Labute approximate surface area is 127 Å². The first-order valence-electron chi connectivity index (χ1n) is 6.69. The lowest BCUT2D eigenvalue weighted by atomic mass is 10.2. The molecule has 0 bridgehead atoms. The van der Waals surface area contributed by atoms with Crippen molar-refractivity contribution in [3.05, 3.63) is 23.2 Å². The fraction of sp³-hybridized carbons (Fsp3) is 0.571. The summed E-state index contributed by atoms with van der Waals surface area (Å²) in [6.07, 6.45) is 0. The molecule has 1 rings (SSSR count). The summed E-state index contributed by atoms with van der Waals surface area (Å²) in [6.45, 7) is 8.97. The Morgan fingerprint density at radius 1 is 1.15 bits per heavy atom. The molecule has 0 aliphatic heterocycles. The van der Waals surface area contributed by atoms with Crippen LogP contribution in [-0.4, -0.2) is 25.8 Å². The zero-order valence-corrected chi connectivity index (χ0v) is 14.0. The third kappa shape index (κ3) is 4.36. The van der Waals surface area contributed by atoms with Gasteiger partial charge < -0.3 is 5.73 Å². The molecule has 0 unspecified atom stereocenters. The van der Waals surface area contributed by atoms with Crippen molar-refractivity contribution in [3.8, 4) is 0 Å². The van der Waals surface area contributed by atoms with E-state index in [1.807, 2.05) is 27.7 Å². The monoisotopic (exact) mass is 318 g/mol. The molecule has 0 aromatic heterocycles.